The van der Waals surface area contributed by atoms with Gasteiger partial charge >= 0.3 is 18.1 Å². The zero-order valence-electron chi connectivity index (χ0n) is 53.3. The summed E-state index contributed by atoms with van der Waals surface area (Å²) < 4.78 is 58.8. The zero-order valence-corrected chi connectivity index (χ0v) is 55.0. The first-order valence-corrected chi connectivity index (χ1v) is 34.7. The first kappa shape index (κ1) is 63.9. The molecule has 1 saturated carbocycles. The molecular weight excluding hydrogens is 1170 g/mol. The summed E-state index contributed by atoms with van der Waals surface area (Å²) in [6.07, 6.45) is 11.1. The Balaban J connectivity index is 0.847. The number of rotatable bonds is 15. The number of likely N-dealkylation sites (tertiary alicyclic amines) is 2. The van der Waals surface area contributed by atoms with Gasteiger partial charge in [-0.1, -0.05) is 65.1 Å². The van der Waals surface area contributed by atoms with Crippen molar-refractivity contribution < 1.29 is 46.9 Å². The van der Waals surface area contributed by atoms with Gasteiger partial charge in [-0.25, -0.2) is 18.4 Å². The quantitative estimate of drug-likeness (QED) is 0.0597. The van der Waals surface area contributed by atoms with Crippen molar-refractivity contribution in [2.45, 2.75) is 173 Å². The highest BCUT2D eigenvalue weighted by Crippen LogP contribution is 2.48. The highest BCUT2D eigenvalue weighted by atomic mass is 35.5. The normalized spacial score (nSPS) is 21.0. The van der Waals surface area contributed by atoms with Crippen LogP contribution in [0.4, 0.5) is 29.9 Å². The molecule has 2 unspecified atom stereocenters. The number of benzene rings is 3. The van der Waals surface area contributed by atoms with Crippen LogP contribution in [-0.4, -0.2) is 152 Å². The number of aromatic nitrogens is 3. The molecule has 5 amide bonds. The first-order chi connectivity index (χ1) is 42.5. The van der Waals surface area contributed by atoms with E-state index in [9.17, 15) is 19.2 Å². The molecule has 1 spiro atoms. The number of nitrogens with one attached hydrogen (secondary N) is 1. The Hall–Kier alpha value is -6.66. The number of pyridine rings is 1. The molecule has 17 nitrogen and oxygen atoms in total. The highest BCUT2D eigenvalue weighted by Gasteiger charge is 2.47. The van der Waals surface area contributed by atoms with E-state index in [4.69, 9.17) is 45.5 Å². The van der Waals surface area contributed by atoms with Crippen LogP contribution in [0, 0.1) is 34.4 Å². The summed E-state index contributed by atoms with van der Waals surface area (Å²) in [7, 11) is -0.844. The summed E-state index contributed by atoms with van der Waals surface area (Å²) in [6.45, 7) is 23.3. The minimum absolute atomic E-state index is 0.000115. The third kappa shape index (κ3) is 13.0. The number of piperazine rings is 1. The molecule has 5 aliphatic heterocycles. The minimum atomic E-state index is -2.36. The van der Waals surface area contributed by atoms with Gasteiger partial charge in [-0.05, 0) is 161 Å². The van der Waals surface area contributed by atoms with Crippen molar-refractivity contribution in [1.82, 2.24) is 35.0 Å². The van der Waals surface area contributed by atoms with E-state index in [2.05, 4.69) is 68.1 Å². The van der Waals surface area contributed by atoms with Crippen LogP contribution in [-0.2, 0) is 14.3 Å². The van der Waals surface area contributed by atoms with E-state index < -0.39 is 31.3 Å². The van der Waals surface area contributed by atoms with Crippen molar-refractivity contribution in [3.05, 3.63) is 76.4 Å². The number of carbonyl (C=O) groups excluding carboxylic acids is 4. The zero-order chi connectivity index (χ0) is 63.3. The second-order valence-electron chi connectivity index (χ2n) is 27.6. The lowest BCUT2D eigenvalue weighted by Gasteiger charge is -2.46. The summed E-state index contributed by atoms with van der Waals surface area (Å²) in [6, 6.07) is 10.7. The Morgan fingerprint density at radius 1 is 0.865 bits per heavy atom. The number of methoxy groups -OCH3 is 1. The van der Waals surface area contributed by atoms with E-state index in [-0.39, 0.29) is 101 Å². The predicted molar refractivity (Wildman–Crippen MR) is 344 cm³/mol. The average molecular weight is 1260 g/mol. The van der Waals surface area contributed by atoms with Crippen LogP contribution in [0.15, 0.2) is 48.7 Å². The maximum Gasteiger partial charge on any atom is 0.410 e. The number of hydrogen-bond acceptors (Lipinski definition) is 13. The molecule has 2 aromatic heterocycles. The maximum atomic E-state index is 18.3. The van der Waals surface area contributed by atoms with Crippen molar-refractivity contribution >= 4 is 76.8 Å². The minimum Gasteiger partial charge on any atom is -0.468 e. The van der Waals surface area contributed by atoms with Gasteiger partial charge in [0.1, 0.15) is 48.9 Å². The predicted octanol–water partition coefficient (Wildman–Crippen LogP) is 13.3. The smallest absolute Gasteiger partial charge is 0.410 e. The first-order valence-electron chi connectivity index (χ1n) is 32.1. The standard InChI is InChI=1S/C68H86ClF2N9O8Si/c1-41(2)89(42(3)4,43(5)6)31-22-51-55(70)18-14-45-32-50(87-40-85-10)34-52(58(45)51)60-59(71)61-53(35-72-60)62(78-37-47-15-16-48(38-78)80(47)66(84)88-67(7,8)9)75-64(74-61)86-39-49-12-11-27-77(49)36-44-19-23-68(24-20-44)25-29-76(30-26-68)63(82)46-13-17-54(69)56(33-46)79-28-21-57(81)73-65(79)83/h13-14,17-18,32-35,41-44,47-49H,11-12,15-16,19-21,23-30,36-40H2,1-10H3,(H,73,81,83)/t47?,48?,49-/m0/s1. The number of carbonyl (C=O) groups is 4. The fraction of sp³-hybridized carbons (Fsp3) is 0.574. The Bertz CT molecular complexity index is 3560. The number of amides is 5. The summed E-state index contributed by atoms with van der Waals surface area (Å²) in [5.74, 6) is 3.02. The van der Waals surface area contributed by atoms with Gasteiger partial charge in [0, 0.05) is 81.6 Å². The van der Waals surface area contributed by atoms with Gasteiger partial charge in [0.05, 0.1) is 33.7 Å². The number of urea groups is 1. The molecule has 21 heteroatoms. The van der Waals surface area contributed by atoms with E-state index >= 15 is 8.78 Å². The molecule has 11 rings (SSSR count). The molecule has 3 aromatic carbocycles. The lowest BCUT2D eigenvalue weighted by Crippen LogP contribution is -2.57. The molecule has 7 heterocycles. The summed E-state index contributed by atoms with van der Waals surface area (Å²) in [5.41, 5.74) is 5.36. The third-order valence-electron chi connectivity index (χ3n) is 20.2. The van der Waals surface area contributed by atoms with Crippen molar-refractivity contribution in [3.63, 3.8) is 0 Å². The van der Waals surface area contributed by atoms with Crippen LogP contribution in [0.25, 0.3) is 32.9 Å². The van der Waals surface area contributed by atoms with E-state index in [1.165, 1.54) is 18.1 Å². The number of nitrogens with zero attached hydrogens (tertiary/aromatic N) is 8. The molecular formula is C68H86ClF2N9O8Si. The number of hydrogen-bond donors (Lipinski definition) is 1. The summed E-state index contributed by atoms with van der Waals surface area (Å²) in [5, 5.41) is 4.06. The van der Waals surface area contributed by atoms with Crippen LogP contribution in [0.1, 0.15) is 149 Å². The Kier molecular flexibility index (Phi) is 18.6. The summed E-state index contributed by atoms with van der Waals surface area (Å²) >= 11 is 6.51. The summed E-state index contributed by atoms with van der Waals surface area (Å²) in [4.78, 5) is 76.7. The van der Waals surface area contributed by atoms with E-state index in [1.54, 1.807) is 42.6 Å². The monoisotopic (exact) mass is 1260 g/mol. The van der Waals surface area contributed by atoms with Gasteiger partial charge in [0.15, 0.2) is 12.6 Å². The fourth-order valence-electron chi connectivity index (χ4n) is 15.6. The highest BCUT2D eigenvalue weighted by molar-refractivity contribution is 6.90. The molecule has 1 aliphatic carbocycles. The van der Waals surface area contributed by atoms with Gasteiger partial charge in [-0.2, -0.15) is 9.97 Å². The van der Waals surface area contributed by atoms with E-state index in [1.807, 2.05) is 30.6 Å². The van der Waals surface area contributed by atoms with Crippen LogP contribution in [0.3, 0.4) is 0 Å². The largest absolute Gasteiger partial charge is 0.468 e. The Morgan fingerprint density at radius 2 is 1.57 bits per heavy atom. The number of ether oxygens (including phenoxy) is 4. The average Bonchev–Trinajstić information content (AvgIpc) is 1.39. The van der Waals surface area contributed by atoms with Crippen molar-refractivity contribution in [2.24, 2.45) is 11.3 Å². The number of halogens is 3. The van der Waals surface area contributed by atoms with Crippen molar-refractivity contribution in [1.29, 1.82) is 0 Å². The second-order valence-corrected chi connectivity index (χ2v) is 33.6. The molecule has 1 N–H and O–H groups in total. The Labute approximate surface area is 527 Å². The third-order valence-corrected chi connectivity index (χ3v) is 26.8. The molecule has 6 fully saturated rings. The van der Waals surface area contributed by atoms with Gasteiger partial charge in [-0.15, -0.1) is 5.54 Å². The van der Waals surface area contributed by atoms with E-state index in [0.29, 0.717) is 88.3 Å². The van der Waals surface area contributed by atoms with Gasteiger partial charge < -0.3 is 28.7 Å². The molecule has 5 saturated heterocycles. The fourth-order valence-corrected chi connectivity index (χ4v) is 21.0. The van der Waals surface area contributed by atoms with Crippen molar-refractivity contribution in [3.8, 4) is 34.5 Å². The second kappa shape index (κ2) is 25.9. The molecule has 5 aromatic rings. The van der Waals surface area contributed by atoms with Crippen LogP contribution in [0.5, 0.6) is 11.8 Å². The molecule has 2 bridgehead atoms. The topological polar surface area (TPSA) is 172 Å². The Morgan fingerprint density at radius 3 is 2.24 bits per heavy atom. The molecule has 476 valence electrons. The SMILES string of the molecule is COCOc1cc(-c2ncc3c(N4CC5CCC(C4)N5C(=O)OC(C)(C)C)nc(OC[C@@H]4CCCN4CC4CCC5(CC4)CCN(C(=O)c4ccc(Cl)c(N6CCC(=O)NC6=O)c4)CC5)nc3c2F)c2c(C#C[Si](C(C)C)(C(C)C)C(C)C)c(F)ccc2c1. The van der Waals surface area contributed by atoms with Crippen molar-refractivity contribution in [2.75, 3.05) is 76.1 Å². The lowest BCUT2D eigenvalue weighted by molar-refractivity contribution is -0.120. The lowest BCUT2D eigenvalue weighted by atomic mass is 9.65. The van der Waals surface area contributed by atoms with Crippen LogP contribution < -0.4 is 24.6 Å². The molecule has 89 heavy (non-hydrogen) atoms. The molecule has 0 radical (unpaired) electrons. The number of anilines is 2. The number of piperidine rings is 1. The van der Waals surface area contributed by atoms with E-state index in [0.717, 1.165) is 77.3 Å². The number of imide groups is 1. The van der Waals surface area contributed by atoms with Crippen LogP contribution in [0.2, 0.25) is 21.6 Å². The van der Waals surface area contributed by atoms with Gasteiger partial charge in [0.2, 0.25) is 5.91 Å². The maximum absolute atomic E-state index is 18.3. The van der Waals surface area contributed by atoms with Gasteiger partial charge in [0.25, 0.3) is 5.91 Å². The molecule has 6 aliphatic rings. The molecule has 3 atom stereocenters. The van der Waals surface area contributed by atoms with Crippen LogP contribution >= 0.6 is 11.6 Å². The number of fused-ring (bicyclic) bond motifs is 4. The van der Waals surface area contributed by atoms with Gasteiger partial charge in [-0.3, -0.25) is 34.6 Å².